The SMILES string of the molecule is CN1CC[C@@H](O)[C@H](C(=O)N(C)Cc2ccc(Oc3ccccc3)cc2)C1. The third-order valence-corrected chi connectivity index (χ3v) is 4.79. The molecule has 0 aliphatic carbocycles. The molecule has 1 heterocycles. The van der Waals surface area contributed by atoms with Gasteiger partial charge in [-0.2, -0.15) is 0 Å². The molecule has 5 nitrogen and oxygen atoms in total. The largest absolute Gasteiger partial charge is 0.457 e. The number of para-hydroxylation sites is 1. The monoisotopic (exact) mass is 354 g/mol. The minimum atomic E-state index is -0.553. The molecule has 0 aromatic heterocycles. The molecule has 3 rings (SSSR count). The van der Waals surface area contributed by atoms with E-state index in [0.29, 0.717) is 19.5 Å². The van der Waals surface area contributed by atoms with Crippen molar-refractivity contribution < 1.29 is 14.6 Å². The Balaban J connectivity index is 1.58. The van der Waals surface area contributed by atoms with Crippen molar-refractivity contribution in [1.29, 1.82) is 0 Å². The first-order valence-corrected chi connectivity index (χ1v) is 8.96. The van der Waals surface area contributed by atoms with Crippen molar-refractivity contribution in [3.05, 3.63) is 60.2 Å². The van der Waals surface area contributed by atoms with Gasteiger partial charge in [-0.3, -0.25) is 4.79 Å². The summed E-state index contributed by atoms with van der Waals surface area (Å²) in [5.74, 6) is 1.20. The van der Waals surface area contributed by atoms with Crippen molar-refractivity contribution in [2.24, 2.45) is 5.92 Å². The van der Waals surface area contributed by atoms with Crippen LogP contribution in [0.15, 0.2) is 54.6 Å². The van der Waals surface area contributed by atoms with Gasteiger partial charge in [0.2, 0.25) is 5.91 Å². The molecular weight excluding hydrogens is 328 g/mol. The molecule has 2 aromatic rings. The van der Waals surface area contributed by atoms with Crippen molar-refractivity contribution in [3.8, 4) is 11.5 Å². The first-order valence-electron chi connectivity index (χ1n) is 8.96. The minimum Gasteiger partial charge on any atom is -0.457 e. The number of aliphatic hydroxyl groups excluding tert-OH is 1. The molecule has 0 unspecified atom stereocenters. The van der Waals surface area contributed by atoms with Gasteiger partial charge in [-0.1, -0.05) is 30.3 Å². The van der Waals surface area contributed by atoms with Crippen molar-refractivity contribution in [3.63, 3.8) is 0 Å². The van der Waals surface area contributed by atoms with E-state index in [1.54, 1.807) is 11.9 Å². The van der Waals surface area contributed by atoms with Gasteiger partial charge < -0.3 is 19.6 Å². The van der Waals surface area contributed by atoms with E-state index < -0.39 is 6.10 Å². The number of nitrogens with zero attached hydrogens (tertiary/aromatic N) is 2. The van der Waals surface area contributed by atoms with Gasteiger partial charge >= 0.3 is 0 Å². The quantitative estimate of drug-likeness (QED) is 0.897. The summed E-state index contributed by atoms with van der Waals surface area (Å²) in [7, 11) is 3.77. The summed E-state index contributed by atoms with van der Waals surface area (Å²) in [5, 5.41) is 10.2. The Bertz CT molecular complexity index is 718. The Morgan fingerprint density at radius 2 is 1.81 bits per heavy atom. The highest BCUT2D eigenvalue weighted by atomic mass is 16.5. The van der Waals surface area contributed by atoms with Crippen LogP contribution in [0.2, 0.25) is 0 Å². The second-order valence-electron chi connectivity index (χ2n) is 6.98. The van der Waals surface area contributed by atoms with Crippen LogP contribution < -0.4 is 4.74 Å². The van der Waals surface area contributed by atoms with Crippen LogP contribution in [0.4, 0.5) is 0 Å². The number of carbonyl (C=O) groups is 1. The van der Waals surface area contributed by atoms with E-state index in [1.807, 2.05) is 61.6 Å². The Hall–Kier alpha value is -2.37. The zero-order valence-electron chi connectivity index (χ0n) is 15.3. The molecular formula is C21H26N2O3. The molecule has 0 spiro atoms. The molecule has 138 valence electrons. The number of amides is 1. The maximum atomic E-state index is 12.7. The first kappa shape index (κ1) is 18.4. The summed E-state index contributed by atoms with van der Waals surface area (Å²) in [6.45, 7) is 1.95. The van der Waals surface area contributed by atoms with Crippen LogP contribution in [0.1, 0.15) is 12.0 Å². The number of aliphatic hydroxyl groups is 1. The summed E-state index contributed by atoms with van der Waals surface area (Å²) in [5.41, 5.74) is 1.03. The maximum absolute atomic E-state index is 12.7. The van der Waals surface area contributed by atoms with Gasteiger partial charge in [0, 0.05) is 26.7 Å². The van der Waals surface area contributed by atoms with Gasteiger partial charge in [0.1, 0.15) is 11.5 Å². The molecule has 0 bridgehead atoms. The summed E-state index contributed by atoms with van der Waals surface area (Å²) in [6, 6.07) is 17.4. The number of benzene rings is 2. The average molecular weight is 354 g/mol. The molecule has 0 radical (unpaired) electrons. The van der Waals surface area contributed by atoms with E-state index in [-0.39, 0.29) is 11.8 Å². The zero-order valence-corrected chi connectivity index (χ0v) is 15.3. The van der Waals surface area contributed by atoms with Crippen molar-refractivity contribution in [2.45, 2.75) is 19.1 Å². The Kier molecular flexibility index (Phi) is 5.91. The number of ether oxygens (including phenoxy) is 1. The predicted molar refractivity (Wildman–Crippen MR) is 101 cm³/mol. The normalized spacial score (nSPS) is 20.6. The van der Waals surface area contributed by atoms with E-state index in [9.17, 15) is 9.90 Å². The van der Waals surface area contributed by atoms with Crippen LogP contribution in [-0.4, -0.2) is 54.1 Å². The Labute approximate surface area is 154 Å². The van der Waals surface area contributed by atoms with Crippen molar-refractivity contribution in [2.75, 3.05) is 27.2 Å². The molecule has 1 aliphatic heterocycles. The average Bonchev–Trinajstić information content (AvgIpc) is 2.65. The number of rotatable bonds is 5. The highest BCUT2D eigenvalue weighted by Crippen LogP contribution is 2.22. The lowest BCUT2D eigenvalue weighted by Gasteiger charge is -2.35. The lowest BCUT2D eigenvalue weighted by atomic mass is 9.93. The van der Waals surface area contributed by atoms with Crippen molar-refractivity contribution in [1.82, 2.24) is 9.80 Å². The van der Waals surface area contributed by atoms with E-state index in [4.69, 9.17) is 4.74 Å². The number of hydrogen-bond donors (Lipinski definition) is 1. The molecule has 1 fully saturated rings. The summed E-state index contributed by atoms with van der Waals surface area (Å²) < 4.78 is 5.79. The van der Waals surface area contributed by atoms with Crippen LogP contribution in [0, 0.1) is 5.92 Å². The Morgan fingerprint density at radius 1 is 1.15 bits per heavy atom. The fraction of sp³-hybridized carbons (Fsp3) is 0.381. The van der Waals surface area contributed by atoms with E-state index in [2.05, 4.69) is 4.90 Å². The molecule has 1 saturated heterocycles. The number of hydrogen-bond acceptors (Lipinski definition) is 4. The predicted octanol–water partition coefficient (Wildman–Crippen LogP) is 2.75. The summed E-state index contributed by atoms with van der Waals surface area (Å²) in [4.78, 5) is 16.5. The summed E-state index contributed by atoms with van der Waals surface area (Å²) in [6.07, 6.45) is 0.0921. The van der Waals surface area contributed by atoms with E-state index in [0.717, 1.165) is 23.6 Å². The molecule has 1 aliphatic rings. The van der Waals surface area contributed by atoms with Crippen LogP contribution in [0.5, 0.6) is 11.5 Å². The molecule has 0 saturated carbocycles. The fourth-order valence-corrected chi connectivity index (χ4v) is 3.27. The van der Waals surface area contributed by atoms with Crippen LogP contribution in [0.3, 0.4) is 0 Å². The number of carbonyl (C=O) groups excluding carboxylic acids is 1. The lowest BCUT2D eigenvalue weighted by molar-refractivity contribution is -0.141. The Morgan fingerprint density at radius 3 is 2.50 bits per heavy atom. The molecule has 1 N–H and O–H groups in total. The topological polar surface area (TPSA) is 53.0 Å². The van der Waals surface area contributed by atoms with E-state index in [1.165, 1.54) is 0 Å². The second kappa shape index (κ2) is 8.34. The van der Waals surface area contributed by atoms with Crippen LogP contribution in [-0.2, 0) is 11.3 Å². The third-order valence-electron chi connectivity index (χ3n) is 4.79. The van der Waals surface area contributed by atoms with Gasteiger partial charge in [0.15, 0.2) is 0 Å². The highest BCUT2D eigenvalue weighted by Gasteiger charge is 2.33. The smallest absolute Gasteiger partial charge is 0.229 e. The highest BCUT2D eigenvalue weighted by molar-refractivity contribution is 5.79. The molecule has 1 amide bonds. The molecule has 2 aromatic carbocycles. The first-order chi connectivity index (χ1) is 12.5. The standard InChI is InChI=1S/C21H26N2O3/c1-22-13-12-20(24)19(15-22)21(25)23(2)14-16-8-10-18(11-9-16)26-17-6-4-3-5-7-17/h3-11,19-20,24H,12-15H2,1-2H3/t19-,20-/m1/s1. The van der Waals surface area contributed by atoms with Gasteiger partial charge in [0.25, 0.3) is 0 Å². The van der Waals surface area contributed by atoms with Gasteiger partial charge in [-0.25, -0.2) is 0 Å². The maximum Gasteiger partial charge on any atom is 0.229 e. The van der Waals surface area contributed by atoms with Gasteiger partial charge in [-0.15, -0.1) is 0 Å². The number of likely N-dealkylation sites (tertiary alicyclic amines) is 1. The third kappa shape index (κ3) is 4.62. The summed E-state index contributed by atoms with van der Waals surface area (Å²) >= 11 is 0. The van der Waals surface area contributed by atoms with Crippen LogP contribution in [0.25, 0.3) is 0 Å². The molecule has 5 heteroatoms. The second-order valence-corrected chi connectivity index (χ2v) is 6.98. The zero-order chi connectivity index (χ0) is 18.5. The van der Waals surface area contributed by atoms with Gasteiger partial charge in [0.05, 0.1) is 12.0 Å². The van der Waals surface area contributed by atoms with Crippen LogP contribution >= 0.6 is 0 Å². The fourth-order valence-electron chi connectivity index (χ4n) is 3.27. The van der Waals surface area contributed by atoms with Crippen molar-refractivity contribution >= 4 is 5.91 Å². The molecule has 26 heavy (non-hydrogen) atoms. The number of piperidine rings is 1. The molecule has 2 atom stereocenters. The minimum absolute atomic E-state index is 0.00587. The lowest BCUT2D eigenvalue weighted by Crippen LogP contribution is -2.48. The van der Waals surface area contributed by atoms with E-state index >= 15 is 0 Å². The van der Waals surface area contributed by atoms with Gasteiger partial charge in [-0.05, 0) is 43.3 Å².